The number of nitrogen functional groups attached to an aromatic ring is 1. The maximum Gasteiger partial charge on any atom is 0.260 e. The Bertz CT molecular complexity index is 515. The Balaban J connectivity index is 2.24. The number of pyridine rings is 1. The zero-order chi connectivity index (χ0) is 11.5. The first-order valence-electron chi connectivity index (χ1n) is 4.16. The summed E-state index contributed by atoms with van der Waals surface area (Å²) in [6, 6.07) is 1.60. The molecule has 0 aliphatic carbocycles. The van der Waals surface area contributed by atoms with E-state index in [-0.39, 0.29) is 11.7 Å². The molecular weight excluding hydrogens is 294 g/mol. The van der Waals surface area contributed by atoms with Crippen molar-refractivity contribution >= 4 is 44.2 Å². The molecule has 16 heavy (non-hydrogen) atoms. The normalized spacial score (nSPS) is 10.1. The van der Waals surface area contributed by atoms with E-state index >= 15 is 0 Å². The van der Waals surface area contributed by atoms with Crippen LogP contribution in [0.3, 0.4) is 0 Å². The molecule has 0 aliphatic heterocycles. The Morgan fingerprint density at radius 2 is 2.31 bits per heavy atom. The topological polar surface area (TPSA) is 93.8 Å². The van der Waals surface area contributed by atoms with Gasteiger partial charge in [0.15, 0.2) is 0 Å². The summed E-state index contributed by atoms with van der Waals surface area (Å²) in [5, 5.41) is 6.79. The monoisotopic (exact) mass is 299 g/mol. The van der Waals surface area contributed by atoms with Gasteiger partial charge in [-0.25, -0.2) is 4.98 Å². The molecule has 0 saturated heterocycles. The van der Waals surface area contributed by atoms with Crippen LogP contribution in [0.15, 0.2) is 22.9 Å². The van der Waals surface area contributed by atoms with Crippen LogP contribution < -0.4 is 11.1 Å². The molecule has 2 rings (SSSR count). The minimum absolute atomic E-state index is 0.179. The first-order chi connectivity index (χ1) is 7.66. The van der Waals surface area contributed by atoms with Crippen LogP contribution in [0.25, 0.3) is 0 Å². The third-order valence-corrected chi connectivity index (χ3v) is 2.74. The number of carbonyl (C=O) groups excluding carboxylic acids is 1. The number of rotatable bonds is 2. The summed E-state index contributed by atoms with van der Waals surface area (Å²) in [6.45, 7) is 0. The molecule has 2 heterocycles. The Morgan fingerprint density at radius 1 is 1.50 bits per heavy atom. The van der Waals surface area contributed by atoms with Crippen LogP contribution in [-0.4, -0.2) is 20.5 Å². The van der Waals surface area contributed by atoms with Crippen LogP contribution in [0.1, 0.15) is 10.4 Å². The van der Waals surface area contributed by atoms with Gasteiger partial charge in [0.2, 0.25) is 0 Å². The van der Waals surface area contributed by atoms with Crippen LogP contribution in [-0.2, 0) is 0 Å². The number of nitrogens with zero attached hydrogens (tertiary/aromatic N) is 3. The minimum atomic E-state index is -0.336. The highest BCUT2D eigenvalue weighted by Gasteiger charge is 2.12. The SMILES string of the molecule is Nc1ncc(Br)cc1C(=O)Nc1cnns1. The molecule has 6 nitrogen and oxygen atoms in total. The molecule has 8 heteroatoms. The van der Waals surface area contributed by atoms with Gasteiger partial charge >= 0.3 is 0 Å². The molecule has 1 amide bonds. The lowest BCUT2D eigenvalue weighted by molar-refractivity contribution is 0.102. The van der Waals surface area contributed by atoms with Gasteiger partial charge in [0, 0.05) is 22.2 Å². The molecule has 0 aromatic carbocycles. The fraction of sp³-hybridized carbons (Fsp3) is 0. The molecule has 3 N–H and O–H groups in total. The molecule has 0 saturated carbocycles. The van der Waals surface area contributed by atoms with Crippen LogP contribution in [0.5, 0.6) is 0 Å². The molecule has 0 spiro atoms. The predicted octanol–water partition coefficient (Wildman–Crippen LogP) is 1.53. The summed E-state index contributed by atoms with van der Waals surface area (Å²) in [5.74, 6) is -0.157. The van der Waals surface area contributed by atoms with Gasteiger partial charge in [0.05, 0.1) is 11.8 Å². The van der Waals surface area contributed by atoms with Gasteiger partial charge in [-0.05, 0) is 22.0 Å². The summed E-state index contributed by atoms with van der Waals surface area (Å²) in [5.41, 5.74) is 5.91. The standard InChI is InChI=1S/C8H6BrN5OS/c9-4-1-5(7(10)11-2-4)8(15)13-6-3-12-14-16-6/h1-3H,(H2,10,11)(H,13,15). The van der Waals surface area contributed by atoms with E-state index in [9.17, 15) is 4.79 Å². The molecule has 0 aliphatic rings. The molecule has 0 atom stereocenters. The van der Waals surface area contributed by atoms with E-state index in [2.05, 4.69) is 35.8 Å². The third-order valence-electron chi connectivity index (χ3n) is 1.73. The molecule has 0 radical (unpaired) electrons. The van der Waals surface area contributed by atoms with Crippen molar-refractivity contribution in [1.82, 2.24) is 14.6 Å². The Labute approximate surface area is 103 Å². The number of carbonyl (C=O) groups is 1. The number of anilines is 2. The zero-order valence-electron chi connectivity index (χ0n) is 7.85. The fourth-order valence-electron chi connectivity index (χ4n) is 1.03. The van der Waals surface area contributed by atoms with Gasteiger partial charge in [-0.15, -0.1) is 5.10 Å². The van der Waals surface area contributed by atoms with Crippen molar-refractivity contribution in [2.45, 2.75) is 0 Å². The van der Waals surface area contributed by atoms with Gasteiger partial charge in [0.25, 0.3) is 5.91 Å². The summed E-state index contributed by atoms with van der Waals surface area (Å²) in [4.78, 5) is 15.7. The second kappa shape index (κ2) is 4.54. The molecule has 82 valence electrons. The van der Waals surface area contributed by atoms with Crippen molar-refractivity contribution in [2.75, 3.05) is 11.1 Å². The van der Waals surface area contributed by atoms with Crippen LogP contribution in [0, 0.1) is 0 Å². The largest absolute Gasteiger partial charge is 0.383 e. The maximum absolute atomic E-state index is 11.8. The summed E-state index contributed by atoms with van der Waals surface area (Å²) >= 11 is 4.31. The van der Waals surface area contributed by atoms with Crippen molar-refractivity contribution in [1.29, 1.82) is 0 Å². The zero-order valence-corrected chi connectivity index (χ0v) is 10.2. The smallest absolute Gasteiger partial charge is 0.260 e. The number of hydrogen-bond acceptors (Lipinski definition) is 6. The minimum Gasteiger partial charge on any atom is -0.383 e. The predicted molar refractivity (Wildman–Crippen MR) is 64.2 cm³/mol. The fourth-order valence-corrected chi connectivity index (χ4v) is 1.78. The van der Waals surface area contributed by atoms with Crippen molar-refractivity contribution in [2.24, 2.45) is 0 Å². The van der Waals surface area contributed by atoms with E-state index in [1.165, 1.54) is 12.4 Å². The van der Waals surface area contributed by atoms with Gasteiger partial charge in [-0.3, -0.25) is 4.79 Å². The highest BCUT2D eigenvalue weighted by atomic mass is 79.9. The number of nitrogens with two attached hydrogens (primary N) is 1. The summed E-state index contributed by atoms with van der Waals surface area (Å²) < 4.78 is 4.32. The van der Waals surface area contributed by atoms with Crippen molar-refractivity contribution in [3.63, 3.8) is 0 Å². The quantitative estimate of drug-likeness (QED) is 0.877. The van der Waals surface area contributed by atoms with E-state index in [0.717, 1.165) is 11.5 Å². The lowest BCUT2D eigenvalue weighted by Gasteiger charge is -2.04. The number of hydrogen-bond donors (Lipinski definition) is 2. The molecule has 0 fully saturated rings. The first-order valence-corrected chi connectivity index (χ1v) is 5.73. The molecule has 0 unspecified atom stereocenters. The third kappa shape index (κ3) is 2.34. The van der Waals surface area contributed by atoms with Gasteiger partial charge in [-0.2, -0.15) is 0 Å². The number of nitrogens with one attached hydrogen (secondary N) is 1. The van der Waals surface area contributed by atoms with E-state index in [1.54, 1.807) is 6.07 Å². The number of aromatic nitrogens is 3. The van der Waals surface area contributed by atoms with Crippen molar-refractivity contribution in [3.8, 4) is 0 Å². The maximum atomic E-state index is 11.8. The van der Waals surface area contributed by atoms with E-state index in [1.807, 2.05) is 0 Å². The number of halogens is 1. The average molecular weight is 300 g/mol. The van der Waals surface area contributed by atoms with E-state index in [0.29, 0.717) is 15.0 Å². The van der Waals surface area contributed by atoms with E-state index < -0.39 is 0 Å². The Hall–Kier alpha value is -1.54. The van der Waals surface area contributed by atoms with Crippen molar-refractivity contribution in [3.05, 3.63) is 28.5 Å². The molecule has 2 aromatic rings. The van der Waals surface area contributed by atoms with Gasteiger partial charge < -0.3 is 11.1 Å². The van der Waals surface area contributed by atoms with Crippen LogP contribution >= 0.6 is 27.5 Å². The number of amides is 1. The first kappa shape index (κ1) is 11.0. The van der Waals surface area contributed by atoms with E-state index in [4.69, 9.17) is 5.73 Å². The highest BCUT2D eigenvalue weighted by molar-refractivity contribution is 9.10. The van der Waals surface area contributed by atoms with Crippen LogP contribution in [0.4, 0.5) is 10.8 Å². The average Bonchev–Trinajstić information content (AvgIpc) is 2.74. The lowest BCUT2D eigenvalue weighted by Crippen LogP contribution is -2.14. The second-order valence-corrected chi connectivity index (χ2v) is 4.52. The second-order valence-electron chi connectivity index (χ2n) is 2.82. The highest BCUT2D eigenvalue weighted by Crippen LogP contribution is 2.18. The van der Waals surface area contributed by atoms with Crippen LogP contribution in [0.2, 0.25) is 0 Å². The Morgan fingerprint density at radius 3 is 3.00 bits per heavy atom. The molecular formula is C8H6BrN5OS. The van der Waals surface area contributed by atoms with Gasteiger partial charge in [0.1, 0.15) is 10.8 Å². The van der Waals surface area contributed by atoms with Gasteiger partial charge in [-0.1, -0.05) is 4.49 Å². The van der Waals surface area contributed by atoms with Crippen molar-refractivity contribution < 1.29 is 4.79 Å². The Kier molecular flexibility index (Phi) is 3.11. The summed E-state index contributed by atoms with van der Waals surface area (Å²) in [6.07, 6.45) is 2.99. The summed E-state index contributed by atoms with van der Waals surface area (Å²) in [7, 11) is 0. The molecule has 0 bridgehead atoms. The molecule has 2 aromatic heterocycles. The lowest BCUT2D eigenvalue weighted by atomic mass is 10.2.